The van der Waals surface area contributed by atoms with Crippen LogP contribution < -0.4 is 5.32 Å². The van der Waals surface area contributed by atoms with Crippen LogP contribution in [0.1, 0.15) is 6.92 Å². The summed E-state index contributed by atoms with van der Waals surface area (Å²) >= 11 is 0. The molecular formula is C7H17NO2. The largest absolute Gasteiger partial charge is 0.379 e. The molecule has 1 N–H and O–H groups in total. The summed E-state index contributed by atoms with van der Waals surface area (Å²) in [5.41, 5.74) is 0. The molecule has 0 radical (unpaired) electrons. The van der Waals surface area contributed by atoms with Crippen LogP contribution in [0.15, 0.2) is 0 Å². The fourth-order valence-corrected chi connectivity index (χ4v) is 0.538. The molecule has 0 heterocycles. The molecule has 0 aliphatic heterocycles. The molecule has 62 valence electrons. The van der Waals surface area contributed by atoms with Crippen molar-refractivity contribution in [2.24, 2.45) is 0 Å². The fourth-order valence-electron chi connectivity index (χ4n) is 0.538. The molecule has 0 aliphatic rings. The SMILES string of the molecule is CCOCCOCCNC. The first-order valence-electron chi connectivity index (χ1n) is 3.72. The molecule has 3 nitrogen and oxygen atoms in total. The van der Waals surface area contributed by atoms with E-state index in [2.05, 4.69) is 5.32 Å². The van der Waals surface area contributed by atoms with E-state index in [-0.39, 0.29) is 0 Å². The van der Waals surface area contributed by atoms with Gasteiger partial charge in [-0.05, 0) is 14.0 Å². The Kier molecular flexibility index (Phi) is 8.77. The van der Waals surface area contributed by atoms with Gasteiger partial charge in [0, 0.05) is 13.2 Å². The molecule has 0 fully saturated rings. The fraction of sp³-hybridized carbons (Fsp3) is 1.00. The zero-order valence-electron chi connectivity index (χ0n) is 6.85. The minimum absolute atomic E-state index is 0.704. The minimum Gasteiger partial charge on any atom is -0.379 e. The highest BCUT2D eigenvalue weighted by molar-refractivity contribution is 4.35. The summed E-state index contributed by atoms with van der Waals surface area (Å²) in [4.78, 5) is 0. The molecule has 10 heavy (non-hydrogen) atoms. The van der Waals surface area contributed by atoms with Gasteiger partial charge >= 0.3 is 0 Å². The lowest BCUT2D eigenvalue weighted by atomic mass is 10.7. The van der Waals surface area contributed by atoms with Crippen molar-refractivity contribution in [3.05, 3.63) is 0 Å². The number of rotatable bonds is 7. The van der Waals surface area contributed by atoms with Crippen molar-refractivity contribution < 1.29 is 9.47 Å². The lowest BCUT2D eigenvalue weighted by molar-refractivity contribution is 0.0545. The molecular weight excluding hydrogens is 130 g/mol. The van der Waals surface area contributed by atoms with Crippen LogP contribution in [0.25, 0.3) is 0 Å². The van der Waals surface area contributed by atoms with E-state index in [1.54, 1.807) is 0 Å². The molecule has 0 aromatic heterocycles. The van der Waals surface area contributed by atoms with Gasteiger partial charge in [0.1, 0.15) is 0 Å². The van der Waals surface area contributed by atoms with Gasteiger partial charge in [0.05, 0.1) is 19.8 Å². The van der Waals surface area contributed by atoms with Gasteiger partial charge in [-0.2, -0.15) is 0 Å². The first-order valence-corrected chi connectivity index (χ1v) is 3.72. The van der Waals surface area contributed by atoms with Crippen molar-refractivity contribution in [1.29, 1.82) is 0 Å². The normalized spacial score (nSPS) is 10.2. The average molecular weight is 147 g/mol. The Labute approximate surface area is 62.7 Å². The lowest BCUT2D eigenvalue weighted by Crippen LogP contribution is -2.16. The van der Waals surface area contributed by atoms with Gasteiger partial charge < -0.3 is 14.8 Å². The predicted octanol–water partition coefficient (Wildman–Crippen LogP) is 0.259. The standard InChI is InChI=1S/C7H17NO2/c1-3-9-6-7-10-5-4-8-2/h8H,3-7H2,1-2H3. The molecule has 0 saturated carbocycles. The average Bonchev–Trinajstić information content (AvgIpc) is 1.97. The van der Waals surface area contributed by atoms with Gasteiger partial charge in [0.15, 0.2) is 0 Å². The van der Waals surface area contributed by atoms with Crippen molar-refractivity contribution in [3.8, 4) is 0 Å². The van der Waals surface area contributed by atoms with Crippen molar-refractivity contribution in [2.45, 2.75) is 6.92 Å². The van der Waals surface area contributed by atoms with E-state index < -0.39 is 0 Å². The highest BCUT2D eigenvalue weighted by Crippen LogP contribution is 1.76. The monoisotopic (exact) mass is 147 g/mol. The van der Waals surface area contributed by atoms with E-state index in [0.29, 0.717) is 13.2 Å². The van der Waals surface area contributed by atoms with Gasteiger partial charge in [-0.3, -0.25) is 0 Å². The molecule has 0 aromatic rings. The summed E-state index contributed by atoms with van der Waals surface area (Å²) in [6.07, 6.45) is 0. The van der Waals surface area contributed by atoms with Crippen molar-refractivity contribution in [1.82, 2.24) is 5.32 Å². The molecule has 3 heteroatoms. The summed E-state index contributed by atoms with van der Waals surface area (Å²) < 4.78 is 10.3. The van der Waals surface area contributed by atoms with Crippen LogP contribution in [0.4, 0.5) is 0 Å². The lowest BCUT2D eigenvalue weighted by Gasteiger charge is -2.02. The Morgan fingerprint density at radius 1 is 1.10 bits per heavy atom. The summed E-state index contributed by atoms with van der Waals surface area (Å²) in [5, 5.41) is 2.99. The molecule has 0 amide bonds. The second-order valence-electron chi connectivity index (χ2n) is 1.91. The molecule has 0 rings (SSSR count). The third-order valence-corrected chi connectivity index (χ3v) is 1.07. The summed E-state index contributed by atoms with van der Waals surface area (Å²) in [5.74, 6) is 0. The maximum atomic E-state index is 5.19. The van der Waals surface area contributed by atoms with Crippen molar-refractivity contribution >= 4 is 0 Å². The first-order chi connectivity index (χ1) is 4.91. The molecule has 0 aliphatic carbocycles. The van der Waals surface area contributed by atoms with Crippen molar-refractivity contribution in [2.75, 3.05) is 40.0 Å². The minimum atomic E-state index is 0.704. The van der Waals surface area contributed by atoms with E-state index in [4.69, 9.17) is 9.47 Å². The maximum Gasteiger partial charge on any atom is 0.0701 e. The van der Waals surface area contributed by atoms with Gasteiger partial charge in [0.2, 0.25) is 0 Å². The predicted molar refractivity (Wildman–Crippen MR) is 41.2 cm³/mol. The molecule has 0 bridgehead atoms. The topological polar surface area (TPSA) is 30.5 Å². The Hall–Kier alpha value is -0.120. The van der Waals surface area contributed by atoms with Crippen LogP contribution in [-0.2, 0) is 9.47 Å². The Balaban J connectivity index is 2.65. The summed E-state index contributed by atoms with van der Waals surface area (Å²) in [6, 6.07) is 0. The van der Waals surface area contributed by atoms with E-state index in [1.807, 2.05) is 14.0 Å². The maximum absolute atomic E-state index is 5.19. The third-order valence-electron chi connectivity index (χ3n) is 1.07. The Bertz CT molecular complexity index is 51.6. The second-order valence-corrected chi connectivity index (χ2v) is 1.91. The van der Waals surface area contributed by atoms with Crippen LogP contribution in [-0.4, -0.2) is 40.0 Å². The molecule has 0 atom stereocenters. The number of nitrogens with one attached hydrogen (secondary N) is 1. The van der Waals surface area contributed by atoms with Crippen molar-refractivity contribution in [3.63, 3.8) is 0 Å². The number of hydrogen-bond acceptors (Lipinski definition) is 3. The zero-order valence-corrected chi connectivity index (χ0v) is 6.85. The van der Waals surface area contributed by atoms with Gasteiger partial charge in [-0.25, -0.2) is 0 Å². The quantitative estimate of drug-likeness (QED) is 0.524. The first kappa shape index (κ1) is 9.88. The molecule has 0 saturated heterocycles. The smallest absolute Gasteiger partial charge is 0.0701 e. The molecule has 0 spiro atoms. The zero-order chi connectivity index (χ0) is 7.66. The van der Waals surface area contributed by atoms with Crippen LogP contribution in [0.2, 0.25) is 0 Å². The van der Waals surface area contributed by atoms with Crippen LogP contribution >= 0.6 is 0 Å². The molecule has 0 aromatic carbocycles. The van der Waals surface area contributed by atoms with E-state index in [1.165, 1.54) is 0 Å². The summed E-state index contributed by atoms with van der Waals surface area (Å²) in [6.45, 7) is 5.84. The van der Waals surface area contributed by atoms with Gasteiger partial charge in [-0.1, -0.05) is 0 Å². The highest BCUT2D eigenvalue weighted by atomic mass is 16.5. The highest BCUT2D eigenvalue weighted by Gasteiger charge is 1.85. The number of hydrogen-bond donors (Lipinski definition) is 1. The van der Waals surface area contributed by atoms with Crippen LogP contribution in [0, 0.1) is 0 Å². The molecule has 0 unspecified atom stereocenters. The Morgan fingerprint density at radius 2 is 1.80 bits per heavy atom. The number of ether oxygens (including phenoxy) is 2. The van der Waals surface area contributed by atoms with E-state index in [0.717, 1.165) is 19.8 Å². The van der Waals surface area contributed by atoms with Crippen LogP contribution in [0.5, 0.6) is 0 Å². The Morgan fingerprint density at radius 3 is 2.40 bits per heavy atom. The van der Waals surface area contributed by atoms with Crippen LogP contribution in [0.3, 0.4) is 0 Å². The second kappa shape index (κ2) is 8.88. The number of likely N-dealkylation sites (N-methyl/N-ethyl adjacent to an activating group) is 1. The van der Waals surface area contributed by atoms with Gasteiger partial charge in [0.25, 0.3) is 0 Å². The van der Waals surface area contributed by atoms with E-state index >= 15 is 0 Å². The van der Waals surface area contributed by atoms with Gasteiger partial charge in [-0.15, -0.1) is 0 Å². The third kappa shape index (κ3) is 7.88. The van der Waals surface area contributed by atoms with E-state index in [9.17, 15) is 0 Å². The summed E-state index contributed by atoms with van der Waals surface area (Å²) in [7, 11) is 1.91.